The summed E-state index contributed by atoms with van der Waals surface area (Å²) in [7, 11) is 0. The van der Waals surface area contributed by atoms with Crippen LogP contribution >= 0.6 is 11.8 Å². The number of thioether (sulfide) groups is 1. The number of rotatable bonds is 7. The number of nitrogens with one attached hydrogen (secondary N) is 1. The van der Waals surface area contributed by atoms with Gasteiger partial charge in [0.25, 0.3) is 0 Å². The Labute approximate surface area is 132 Å². The standard InChI is InChI=1S/C17H24N2OS/c1-13(2)10-19-11-14-5-6-17(15(8-14)9-18)21-12-16-4-3-7-20-16/h5-6,8,13,16,19H,3-4,7,10-12H2,1-2H3. The van der Waals surface area contributed by atoms with Gasteiger partial charge >= 0.3 is 0 Å². The van der Waals surface area contributed by atoms with E-state index in [0.717, 1.165) is 48.7 Å². The highest BCUT2D eigenvalue weighted by Crippen LogP contribution is 2.27. The van der Waals surface area contributed by atoms with Gasteiger partial charge in [0.05, 0.1) is 11.7 Å². The largest absolute Gasteiger partial charge is 0.377 e. The van der Waals surface area contributed by atoms with E-state index in [0.29, 0.717) is 12.0 Å². The first kappa shape index (κ1) is 16.4. The van der Waals surface area contributed by atoms with Crippen molar-refractivity contribution in [3.05, 3.63) is 29.3 Å². The minimum atomic E-state index is 0.355. The number of nitrogens with zero attached hydrogens (tertiary/aromatic N) is 1. The summed E-state index contributed by atoms with van der Waals surface area (Å²) < 4.78 is 5.63. The Balaban J connectivity index is 1.91. The zero-order valence-corrected chi connectivity index (χ0v) is 13.7. The minimum Gasteiger partial charge on any atom is -0.377 e. The molecule has 0 aliphatic carbocycles. The van der Waals surface area contributed by atoms with Crippen molar-refractivity contribution in [2.24, 2.45) is 5.92 Å². The Hall–Kier alpha value is -1.02. The molecule has 1 aromatic rings. The third-order valence-corrected chi connectivity index (χ3v) is 4.70. The van der Waals surface area contributed by atoms with Gasteiger partial charge in [-0.05, 0) is 43.0 Å². The smallest absolute Gasteiger partial charge is 0.100 e. The monoisotopic (exact) mass is 304 g/mol. The molecule has 2 rings (SSSR count). The van der Waals surface area contributed by atoms with E-state index in [2.05, 4.69) is 37.4 Å². The molecule has 21 heavy (non-hydrogen) atoms. The highest BCUT2D eigenvalue weighted by molar-refractivity contribution is 7.99. The number of nitriles is 1. The van der Waals surface area contributed by atoms with Crippen LogP contribution in [0.4, 0.5) is 0 Å². The Morgan fingerprint density at radius 2 is 2.33 bits per heavy atom. The average Bonchev–Trinajstić information content (AvgIpc) is 2.98. The van der Waals surface area contributed by atoms with E-state index in [1.54, 1.807) is 11.8 Å². The second-order valence-electron chi connectivity index (χ2n) is 5.91. The van der Waals surface area contributed by atoms with Crippen molar-refractivity contribution in [2.45, 2.75) is 44.2 Å². The molecule has 1 aliphatic rings. The summed E-state index contributed by atoms with van der Waals surface area (Å²) in [5.74, 6) is 1.58. The molecule has 4 heteroatoms. The molecule has 1 aliphatic heterocycles. The lowest BCUT2D eigenvalue weighted by Crippen LogP contribution is -2.19. The summed E-state index contributed by atoms with van der Waals surface area (Å²) in [4.78, 5) is 1.07. The molecule has 1 heterocycles. The molecule has 0 bridgehead atoms. The molecule has 1 N–H and O–H groups in total. The maximum absolute atomic E-state index is 9.33. The quantitative estimate of drug-likeness (QED) is 0.782. The maximum atomic E-state index is 9.33. The Morgan fingerprint density at radius 3 is 3.00 bits per heavy atom. The van der Waals surface area contributed by atoms with Gasteiger partial charge in [-0.25, -0.2) is 0 Å². The molecule has 1 fully saturated rings. The molecular weight excluding hydrogens is 280 g/mol. The van der Waals surface area contributed by atoms with E-state index < -0.39 is 0 Å². The minimum absolute atomic E-state index is 0.355. The first-order chi connectivity index (χ1) is 10.2. The van der Waals surface area contributed by atoms with Crippen LogP contribution in [0.5, 0.6) is 0 Å². The molecule has 1 saturated heterocycles. The SMILES string of the molecule is CC(C)CNCc1ccc(SCC2CCCO2)c(C#N)c1. The molecule has 0 aromatic heterocycles. The van der Waals surface area contributed by atoms with Crippen LogP contribution in [0.1, 0.15) is 37.8 Å². The zero-order chi connectivity index (χ0) is 15.1. The van der Waals surface area contributed by atoms with Crippen LogP contribution in [-0.4, -0.2) is 25.0 Å². The van der Waals surface area contributed by atoms with E-state index in [-0.39, 0.29) is 0 Å². The van der Waals surface area contributed by atoms with Crippen molar-refractivity contribution in [1.82, 2.24) is 5.32 Å². The predicted octanol–water partition coefficient (Wildman–Crippen LogP) is 3.57. The highest BCUT2D eigenvalue weighted by Gasteiger charge is 2.16. The number of hydrogen-bond acceptors (Lipinski definition) is 4. The molecule has 1 atom stereocenters. The first-order valence-corrected chi connectivity index (χ1v) is 8.65. The Kier molecular flexibility index (Phi) is 6.56. The fourth-order valence-corrected chi connectivity index (χ4v) is 3.42. The van der Waals surface area contributed by atoms with Crippen LogP contribution in [0, 0.1) is 17.2 Å². The lowest BCUT2D eigenvalue weighted by molar-refractivity contribution is 0.129. The van der Waals surface area contributed by atoms with Crippen LogP contribution in [0.25, 0.3) is 0 Å². The van der Waals surface area contributed by atoms with Crippen LogP contribution in [0.2, 0.25) is 0 Å². The summed E-state index contributed by atoms with van der Waals surface area (Å²) >= 11 is 1.74. The van der Waals surface area contributed by atoms with Crippen LogP contribution < -0.4 is 5.32 Å². The van der Waals surface area contributed by atoms with Gasteiger partial charge in [0.15, 0.2) is 0 Å². The van der Waals surface area contributed by atoms with Crippen molar-refractivity contribution in [3.8, 4) is 6.07 Å². The van der Waals surface area contributed by atoms with Crippen molar-refractivity contribution in [1.29, 1.82) is 5.26 Å². The molecule has 0 radical (unpaired) electrons. The summed E-state index contributed by atoms with van der Waals surface area (Å²) in [5, 5.41) is 12.7. The normalized spacial score (nSPS) is 18.1. The van der Waals surface area contributed by atoms with Gasteiger partial charge in [0.2, 0.25) is 0 Å². The third-order valence-electron chi connectivity index (χ3n) is 3.49. The highest BCUT2D eigenvalue weighted by atomic mass is 32.2. The Morgan fingerprint density at radius 1 is 1.48 bits per heavy atom. The summed E-state index contributed by atoms with van der Waals surface area (Å²) in [5.41, 5.74) is 1.95. The van der Waals surface area contributed by atoms with Crippen molar-refractivity contribution >= 4 is 11.8 Å². The first-order valence-electron chi connectivity index (χ1n) is 7.67. The van der Waals surface area contributed by atoms with Crippen LogP contribution in [-0.2, 0) is 11.3 Å². The number of ether oxygens (including phenoxy) is 1. The van der Waals surface area contributed by atoms with Crippen LogP contribution in [0.15, 0.2) is 23.1 Å². The fraction of sp³-hybridized carbons (Fsp3) is 0.588. The fourth-order valence-electron chi connectivity index (χ4n) is 2.36. The van der Waals surface area contributed by atoms with Gasteiger partial charge < -0.3 is 10.1 Å². The average molecular weight is 304 g/mol. The number of hydrogen-bond donors (Lipinski definition) is 1. The maximum Gasteiger partial charge on any atom is 0.100 e. The molecule has 0 spiro atoms. The van der Waals surface area contributed by atoms with Gasteiger partial charge in [-0.3, -0.25) is 0 Å². The molecule has 1 aromatic carbocycles. The van der Waals surface area contributed by atoms with Crippen molar-refractivity contribution < 1.29 is 4.74 Å². The van der Waals surface area contributed by atoms with Gasteiger partial charge in [-0.1, -0.05) is 19.9 Å². The molecule has 1 unspecified atom stereocenters. The van der Waals surface area contributed by atoms with Crippen molar-refractivity contribution in [3.63, 3.8) is 0 Å². The van der Waals surface area contributed by atoms with Crippen LogP contribution in [0.3, 0.4) is 0 Å². The predicted molar refractivity (Wildman–Crippen MR) is 87.4 cm³/mol. The van der Waals surface area contributed by atoms with E-state index in [1.165, 1.54) is 5.56 Å². The lowest BCUT2D eigenvalue weighted by Gasteiger charge is -2.11. The van der Waals surface area contributed by atoms with Crippen molar-refractivity contribution in [2.75, 3.05) is 18.9 Å². The second-order valence-corrected chi connectivity index (χ2v) is 6.97. The third kappa shape index (κ3) is 5.35. The van der Waals surface area contributed by atoms with E-state index >= 15 is 0 Å². The molecule has 114 valence electrons. The topological polar surface area (TPSA) is 45.0 Å². The van der Waals surface area contributed by atoms with Gasteiger partial charge in [-0.2, -0.15) is 5.26 Å². The molecule has 0 saturated carbocycles. The second kappa shape index (κ2) is 8.43. The summed E-state index contributed by atoms with van der Waals surface area (Å²) in [6, 6.07) is 8.52. The molecule has 3 nitrogen and oxygen atoms in total. The van der Waals surface area contributed by atoms with E-state index in [1.807, 2.05) is 6.07 Å². The summed E-state index contributed by atoms with van der Waals surface area (Å²) in [6.45, 7) is 7.09. The van der Waals surface area contributed by atoms with E-state index in [4.69, 9.17) is 4.74 Å². The Bertz CT molecular complexity index is 490. The van der Waals surface area contributed by atoms with Gasteiger partial charge in [-0.15, -0.1) is 11.8 Å². The van der Waals surface area contributed by atoms with E-state index in [9.17, 15) is 5.26 Å². The van der Waals surface area contributed by atoms with Gasteiger partial charge in [0.1, 0.15) is 6.07 Å². The molecule has 0 amide bonds. The molecular formula is C17H24N2OS. The zero-order valence-electron chi connectivity index (χ0n) is 12.9. The lowest BCUT2D eigenvalue weighted by atomic mass is 10.1. The number of benzene rings is 1. The summed E-state index contributed by atoms with van der Waals surface area (Å²) in [6.07, 6.45) is 2.66. The van der Waals surface area contributed by atoms with Gasteiger partial charge in [0, 0.05) is 23.8 Å².